The van der Waals surface area contributed by atoms with Gasteiger partial charge >= 0.3 is 0 Å². The number of aromatic amines is 1. The maximum Gasteiger partial charge on any atom is 0.251 e. The maximum atomic E-state index is 12.3. The van der Waals surface area contributed by atoms with E-state index < -0.39 is 0 Å². The summed E-state index contributed by atoms with van der Waals surface area (Å²) in [6, 6.07) is 1.62. The third-order valence-electron chi connectivity index (χ3n) is 5.32. The van der Waals surface area contributed by atoms with Crippen molar-refractivity contribution in [2.45, 2.75) is 57.6 Å². The second-order valence-electron chi connectivity index (χ2n) is 7.03. The van der Waals surface area contributed by atoms with Gasteiger partial charge in [0.15, 0.2) is 0 Å². The monoisotopic (exact) mass is 358 g/mol. The Bertz CT molecular complexity index is 801. The van der Waals surface area contributed by atoms with E-state index in [2.05, 4.69) is 17.0 Å². The SMILES string of the molecule is CCc1c(-c2nc(C3CCOCC3)cc(=O)[nH]2)cnn1C1CCCCO1. The second kappa shape index (κ2) is 7.72. The molecule has 4 heterocycles. The van der Waals surface area contributed by atoms with Gasteiger partial charge in [-0.25, -0.2) is 9.67 Å². The van der Waals surface area contributed by atoms with Crippen molar-refractivity contribution >= 4 is 0 Å². The van der Waals surface area contributed by atoms with Gasteiger partial charge in [0.2, 0.25) is 0 Å². The van der Waals surface area contributed by atoms with Crippen LogP contribution >= 0.6 is 0 Å². The number of aromatic nitrogens is 4. The van der Waals surface area contributed by atoms with Crippen LogP contribution in [0.2, 0.25) is 0 Å². The van der Waals surface area contributed by atoms with E-state index in [4.69, 9.17) is 14.5 Å². The van der Waals surface area contributed by atoms with Gasteiger partial charge in [0.05, 0.1) is 23.1 Å². The molecule has 0 amide bonds. The Kier molecular flexibility index (Phi) is 5.17. The largest absolute Gasteiger partial charge is 0.381 e. The number of hydrogen-bond donors (Lipinski definition) is 1. The van der Waals surface area contributed by atoms with E-state index in [1.807, 2.05) is 10.9 Å². The molecule has 2 aromatic heterocycles. The highest BCUT2D eigenvalue weighted by Crippen LogP contribution is 2.30. The standard InChI is InChI=1S/C19H26N4O3/c1-2-16-14(12-20-23(16)18-5-3-4-8-26-18)19-21-15(11-17(24)22-19)13-6-9-25-10-7-13/h11-13,18H,2-10H2,1H3,(H,21,22,24). The molecule has 0 saturated carbocycles. The highest BCUT2D eigenvalue weighted by molar-refractivity contribution is 5.57. The molecule has 2 aromatic rings. The first-order chi connectivity index (χ1) is 12.8. The molecule has 0 aromatic carbocycles. The van der Waals surface area contributed by atoms with E-state index in [-0.39, 0.29) is 17.7 Å². The smallest absolute Gasteiger partial charge is 0.251 e. The fourth-order valence-corrected chi connectivity index (χ4v) is 3.91. The van der Waals surface area contributed by atoms with Crippen LogP contribution in [0.5, 0.6) is 0 Å². The van der Waals surface area contributed by atoms with Crippen LogP contribution in [0.3, 0.4) is 0 Å². The van der Waals surface area contributed by atoms with Gasteiger partial charge in [0.25, 0.3) is 5.56 Å². The Hall–Kier alpha value is -1.99. The lowest BCUT2D eigenvalue weighted by Crippen LogP contribution is -2.21. The van der Waals surface area contributed by atoms with Crippen molar-refractivity contribution in [2.75, 3.05) is 19.8 Å². The van der Waals surface area contributed by atoms with Crippen LogP contribution in [0.1, 0.15) is 62.6 Å². The van der Waals surface area contributed by atoms with E-state index in [1.54, 1.807) is 6.07 Å². The summed E-state index contributed by atoms with van der Waals surface area (Å²) in [4.78, 5) is 19.9. The maximum absolute atomic E-state index is 12.3. The Morgan fingerprint density at radius 3 is 2.81 bits per heavy atom. The highest BCUT2D eigenvalue weighted by Gasteiger charge is 2.23. The van der Waals surface area contributed by atoms with Gasteiger partial charge < -0.3 is 14.5 Å². The number of nitrogens with one attached hydrogen (secondary N) is 1. The molecule has 2 aliphatic heterocycles. The molecule has 26 heavy (non-hydrogen) atoms. The number of nitrogens with zero attached hydrogens (tertiary/aromatic N) is 3. The Morgan fingerprint density at radius 2 is 2.08 bits per heavy atom. The number of hydrogen-bond acceptors (Lipinski definition) is 5. The summed E-state index contributed by atoms with van der Waals surface area (Å²) in [5.41, 5.74) is 2.70. The molecular weight excluding hydrogens is 332 g/mol. The van der Waals surface area contributed by atoms with Crippen LogP contribution in [0.15, 0.2) is 17.1 Å². The van der Waals surface area contributed by atoms with Gasteiger partial charge in [-0.2, -0.15) is 5.10 Å². The van der Waals surface area contributed by atoms with Crippen molar-refractivity contribution in [1.29, 1.82) is 0 Å². The summed E-state index contributed by atoms with van der Waals surface area (Å²) in [6.45, 7) is 4.33. The molecule has 0 spiro atoms. The summed E-state index contributed by atoms with van der Waals surface area (Å²) in [5.74, 6) is 0.893. The lowest BCUT2D eigenvalue weighted by atomic mass is 9.96. The molecule has 0 aliphatic carbocycles. The lowest BCUT2D eigenvalue weighted by molar-refractivity contribution is -0.0409. The van der Waals surface area contributed by atoms with E-state index in [0.717, 1.165) is 75.3 Å². The van der Waals surface area contributed by atoms with Crippen LogP contribution in [-0.2, 0) is 15.9 Å². The first-order valence-electron chi connectivity index (χ1n) is 9.63. The predicted octanol–water partition coefficient (Wildman–Crippen LogP) is 2.79. The van der Waals surface area contributed by atoms with Crippen LogP contribution < -0.4 is 5.56 Å². The molecule has 1 N–H and O–H groups in total. The molecule has 7 heteroatoms. The second-order valence-corrected chi connectivity index (χ2v) is 7.03. The molecule has 4 rings (SSSR count). The fourth-order valence-electron chi connectivity index (χ4n) is 3.91. The molecule has 0 radical (unpaired) electrons. The first-order valence-corrected chi connectivity index (χ1v) is 9.63. The van der Waals surface area contributed by atoms with Crippen LogP contribution in [0, 0.1) is 0 Å². The first kappa shape index (κ1) is 17.4. The predicted molar refractivity (Wildman–Crippen MR) is 97.1 cm³/mol. The van der Waals surface area contributed by atoms with Crippen molar-refractivity contribution in [3.05, 3.63) is 34.0 Å². The molecule has 2 fully saturated rings. The topological polar surface area (TPSA) is 82.0 Å². The molecule has 2 saturated heterocycles. The molecular formula is C19H26N4O3. The Balaban J connectivity index is 1.69. The van der Waals surface area contributed by atoms with Gasteiger partial charge in [-0.05, 0) is 38.5 Å². The average molecular weight is 358 g/mol. The minimum Gasteiger partial charge on any atom is -0.381 e. The fraction of sp³-hybridized carbons (Fsp3) is 0.632. The zero-order valence-corrected chi connectivity index (χ0v) is 15.2. The number of ether oxygens (including phenoxy) is 2. The Labute approximate surface area is 152 Å². The van der Waals surface area contributed by atoms with Crippen molar-refractivity contribution in [1.82, 2.24) is 19.7 Å². The average Bonchev–Trinajstić information content (AvgIpc) is 3.13. The van der Waals surface area contributed by atoms with E-state index in [9.17, 15) is 4.79 Å². The summed E-state index contributed by atoms with van der Waals surface area (Å²) < 4.78 is 13.3. The Morgan fingerprint density at radius 1 is 1.23 bits per heavy atom. The summed E-state index contributed by atoms with van der Waals surface area (Å²) >= 11 is 0. The quantitative estimate of drug-likeness (QED) is 0.909. The lowest BCUT2D eigenvalue weighted by Gasteiger charge is -2.24. The highest BCUT2D eigenvalue weighted by atomic mass is 16.5. The third-order valence-corrected chi connectivity index (χ3v) is 5.32. The zero-order chi connectivity index (χ0) is 17.9. The zero-order valence-electron chi connectivity index (χ0n) is 15.2. The molecule has 0 bridgehead atoms. The van der Waals surface area contributed by atoms with Crippen molar-refractivity contribution in [3.8, 4) is 11.4 Å². The van der Waals surface area contributed by atoms with E-state index in [0.29, 0.717) is 5.82 Å². The van der Waals surface area contributed by atoms with E-state index in [1.165, 1.54) is 0 Å². The minimum atomic E-state index is -0.111. The minimum absolute atomic E-state index is 0.0159. The molecule has 140 valence electrons. The summed E-state index contributed by atoms with van der Waals surface area (Å²) in [5, 5.41) is 4.57. The third kappa shape index (κ3) is 3.46. The number of rotatable bonds is 4. The van der Waals surface area contributed by atoms with Crippen molar-refractivity contribution < 1.29 is 9.47 Å². The van der Waals surface area contributed by atoms with E-state index >= 15 is 0 Å². The van der Waals surface area contributed by atoms with Crippen LogP contribution in [0.4, 0.5) is 0 Å². The molecule has 7 nitrogen and oxygen atoms in total. The van der Waals surface area contributed by atoms with Crippen molar-refractivity contribution in [2.24, 2.45) is 0 Å². The summed E-state index contributed by atoms with van der Waals surface area (Å²) in [6.07, 6.45) is 7.64. The van der Waals surface area contributed by atoms with Gasteiger partial charge in [0.1, 0.15) is 12.1 Å². The van der Waals surface area contributed by atoms with Crippen LogP contribution in [-0.4, -0.2) is 39.6 Å². The molecule has 2 aliphatic rings. The van der Waals surface area contributed by atoms with Gasteiger partial charge in [0, 0.05) is 31.8 Å². The summed E-state index contributed by atoms with van der Waals surface area (Å²) in [7, 11) is 0. The molecule has 1 unspecified atom stereocenters. The van der Waals surface area contributed by atoms with Gasteiger partial charge in [-0.3, -0.25) is 4.79 Å². The van der Waals surface area contributed by atoms with Crippen molar-refractivity contribution in [3.63, 3.8) is 0 Å². The molecule has 1 atom stereocenters. The van der Waals surface area contributed by atoms with Gasteiger partial charge in [-0.15, -0.1) is 0 Å². The van der Waals surface area contributed by atoms with Crippen LogP contribution in [0.25, 0.3) is 11.4 Å². The number of H-pyrrole nitrogens is 1. The van der Waals surface area contributed by atoms with Gasteiger partial charge in [-0.1, -0.05) is 6.92 Å². The normalized spacial score (nSPS) is 21.8.